The van der Waals surface area contributed by atoms with Crippen molar-refractivity contribution in [3.05, 3.63) is 0 Å². The van der Waals surface area contributed by atoms with Crippen LogP contribution in [0.25, 0.3) is 0 Å². The minimum absolute atomic E-state index is 0.136. The van der Waals surface area contributed by atoms with Crippen LogP contribution < -0.4 is 5.32 Å². The zero-order chi connectivity index (χ0) is 13.7. The molecule has 0 radical (unpaired) electrons. The minimum atomic E-state index is -3.01. The van der Waals surface area contributed by atoms with Crippen molar-refractivity contribution in [2.75, 3.05) is 18.9 Å². The molecule has 1 heterocycles. The third-order valence-corrected chi connectivity index (χ3v) is 6.76. The van der Waals surface area contributed by atoms with Crippen molar-refractivity contribution >= 4 is 9.84 Å². The van der Waals surface area contributed by atoms with Crippen molar-refractivity contribution in [1.82, 2.24) is 5.32 Å². The third-order valence-electron chi connectivity index (χ3n) is 4.44. The van der Waals surface area contributed by atoms with E-state index in [-0.39, 0.29) is 17.1 Å². The van der Waals surface area contributed by atoms with Crippen LogP contribution in [0.15, 0.2) is 0 Å². The van der Waals surface area contributed by atoms with Gasteiger partial charge in [0.05, 0.1) is 17.1 Å². The molecule has 0 aromatic rings. The van der Waals surface area contributed by atoms with Crippen LogP contribution in [-0.4, -0.2) is 44.7 Å². The lowest BCUT2D eigenvalue weighted by molar-refractivity contribution is 0.126. The van der Waals surface area contributed by atoms with Crippen LogP contribution in [0, 0.1) is 0 Å². The molecule has 1 aliphatic carbocycles. The van der Waals surface area contributed by atoms with Crippen molar-refractivity contribution in [3.8, 4) is 0 Å². The molecule has 0 amide bonds. The molecule has 2 aliphatic rings. The summed E-state index contributed by atoms with van der Waals surface area (Å²) in [5, 5.41) is 3.15. The molecule has 2 unspecified atom stereocenters. The van der Waals surface area contributed by atoms with Gasteiger partial charge in [0.1, 0.15) is 0 Å². The summed E-state index contributed by atoms with van der Waals surface area (Å²) < 4.78 is 29.8. The Morgan fingerprint density at radius 3 is 2.37 bits per heavy atom. The predicted octanol–water partition coefficient (Wildman–Crippen LogP) is 1.89. The van der Waals surface area contributed by atoms with Gasteiger partial charge in [-0.3, -0.25) is 0 Å². The molecule has 2 atom stereocenters. The molecule has 5 heteroatoms. The molecule has 0 aromatic heterocycles. The molecular formula is C14H27NO3S. The summed E-state index contributed by atoms with van der Waals surface area (Å²) in [6, 6.07) is 0.523. The molecule has 1 aliphatic heterocycles. The minimum Gasteiger partial charge on any atom is -0.377 e. The normalized spacial score (nSPS) is 30.4. The Bertz CT molecular complexity index is 361. The summed E-state index contributed by atoms with van der Waals surface area (Å²) in [6.07, 6.45) is 8.12. The van der Waals surface area contributed by atoms with Crippen molar-refractivity contribution in [1.29, 1.82) is 0 Å². The molecule has 2 rings (SSSR count). The van der Waals surface area contributed by atoms with Gasteiger partial charge in [0.25, 0.3) is 0 Å². The first-order valence-electron chi connectivity index (χ1n) is 7.66. The molecular weight excluding hydrogens is 262 g/mol. The lowest BCUT2D eigenvalue weighted by atomic mass is 10.1. The fourth-order valence-corrected chi connectivity index (χ4v) is 5.05. The van der Waals surface area contributed by atoms with Gasteiger partial charge in [-0.15, -0.1) is 0 Å². The molecule has 0 aromatic carbocycles. The van der Waals surface area contributed by atoms with E-state index in [9.17, 15) is 8.42 Å². The van der Waals surface area contributed by atoms with Gasteiger partial charge >= 0.3 is 0 Å². The zero-order valence-electron chi connectivity index (χ0n) is 11.9. The van der Waals surface area contributed by atoms with E-state index in [1.165, 1.54) is 38.5 Å². The summed E-state index contributed by atoms with van der Waals surface area (Å²) in [4.78, 5) is 0. The highest BCUT2D eigenvalue weighted by atomic mass is 32.2. The van der Waals surface area contributed by atoms with E-state index in [1.807, 2.05) is 6.92 Å². The molecule has 19 heavy (non-hydrogen) atoms. The Kier molecular flexibility index (Phi) is 5.66. The summed E-state index contributed by atoms with van der Waals surface area (Å²) >= 11 is 0. The van der Waals surface area contributed by atoms with Crippen LogP contribution in [0.3, 0.4) is 0 Å². The van der Waals surface area contributed by atoms with Crippen LogP contribution in [0.4, 0.5) is 0 Å². The van der Waals surface area contributed by atoms with Crippen LogP contribution >= 0.6 is 0 Å². The van der Waals surface area contributed by atoms with Gasteiger partial charge < -0.3 is 10.1 Å². The maximum Gasteiger partial charge on any atom is 0.157 e. The quantitative estimate of drug-likeness (QED) is 0.785. The Morgan fingerprint density at radius 1 is 1.11 bits per heavy atom. The number of rotatable bonds is 5. The van der Waals surface area contributed by atoms with Gasteiger partial charge in [-0.1, -0.05) is 25.7 Å². The van der Waals surface area contributed by atoms with Gasteiger partial charge in [0, 0.05) is 19.2 Å². The van der Waals surface area contributed by atoms with Crippen molar-refractivity contribution in [2.45, 2.75) is 69.3 Å². The number of sulfone groups is 1. The van der Waals surface area contributed by atoms with Crippen molar-refractivity contribution in [3.63, 3.8) is 0 Å². The number of ether oxygens (including phenoxy) is 1. The molecule has 0 bridgehead atoms. The molecule has 112 valence electrons. The molecule has 1 N–H and O–H groups in total. The Morgan fingerprint density at radius 2 is 1.79 bits per heavy atom. The Balaban J connectivity index is 1.74. The van der Waals surface area contributed by atoms with E-state index in [2.05, 4.69) is 5.32 Å². The first-order chi connectivity index (χ1) is 9.09. The Labute approximate surface area is 117 Å². The second-order valence-corrected chi connectivity index (χ2v) is 8.25. The number of hydrogen-bond donors (Lipinski definition) is 1. The summed E-state index contributed by atoms with van der Waals surface area (Å²) in [6.45, 7) is 3.05. The molecule has 0 spiro atoms. The average Bonchev–Trinajstić information content (AvgIpc) is 2.63. The average molecular weight is 289 g/mol. The largest absolute Gasteiger partial charge is 0.377 e. The van der Waals surface area contributed by atoms with Gasteiger partial charge in [-0.05, 0) is 26.2 Å². The maximum atomic E-state index is 12.2. The third kappa shape index (κ3) is 4.43. The van der Waals surface area contributed by atoms with Crippen molar-refractivity contribution < 1.29 is 13.2 Å². The zero-order valence-corrected chi connectivity index (χ0v) is 12.8. The highest BCUT2D eigenvalue weighted by Gasteiger charge is 2.35. The number of hydrogen-bond acceptors (Lipinski definition) is 4. The summed E-state index contributed by atoms with van der Waals surface area (Å²) in [5.74, 6) is 0.252. The smallest absolute Gasteiger partial charge is 0.157 e. The van der Waals surface area contributed by atoms with Crippen molar-refractivity contribution in [2.24, 2.45) is 0 Å². The summed E-state index contributed by atoms with van der Waals surface area (Å²) in [7, 11) is -3.01. The van der Waals surface area contributed by atoms with Gasteiger partial charge in [-0.25, -0.2) is 8.42 Å². The van der Waals surface area contributed by atoms with Gasteiger partial charge in [0.2, 0.25) is 0 Å². The van der Waals surface area contributed by atoms with E-state index >= 15 is 0 Å². The van der Waals surface area contributed by atoms with E-state index in [0.717, 1.165) is 0 Å². The highest BCUT2D eigenvalue weighted by molar-refractivity contribution is 7.92. The molecule has 1 saturated heterocycles. The fraction of sp³-hybridized carbons (Fsp3) is 1.00. The fourth-order valence-electron chi connectivity index (χ4n) is 3.22. The maximum absolute atomic E-state index is 12.2. The predicted molar refractivity (Wildman–Crippen MR) is 77.1 cm³/mol. The standard InChI is InChI=1S/C14H27NO3S/c1-12-14(8-10-18-12)19(16,17)11-9-15-13-6-4-2-3-5-7-13/h12-15H,2-11H2,1H3. The van der Waals surface area contributed by atoms with E-state index in [0.29, 0.717) is 25.6 Å². The highest BCUT2D eigenvalue weighted by Crippen LogP contribution is 2.21. The van der Waals surface area contributed by atoms with E-state index in [4.69, 9.17) is 4.74 Å². The molecule has 2 fully saturated rings. The van der Waals surface area contributed by atoms with Crippen LogP contribution in [0.5, 0.6) is 0 Å². The molecule has 4 nitrogen and oxygen atoms in total. The Hall–Kier alpha value is -0.130. The SMILES string of the molecule is CC1OCCC1S(=O)(=O)CCNC1CCCCCC1. The number of nitrogens with one attached hydrogen (secondary N) is 1. The molecule has 1 saturated carbocycles. The first-order valence-corrected chi connectivity index (χ1v) is 9.38. The second-order valence-electron chi connectivity index (χ2n) is 5.91. The second kappa shape index (κ2) is 7.04. The lowest BCUT2D eigenvalue weighted by Gasteiger charge is -2.18. The van der Waals surface area contributed by atoms with Gasteiger partial charge in [0.15, 0.2) is 9.84 Å². The van der Waals surface area contributed by atoms with E-state index in [1.54, 1.807) is 0 Å². The topological polar surface area (TPSA) is 55.4 Å². The van der Waals surface area contributed by atoms with Crippen LogP contribution in [0.2, 0.25) is 0 Å². The first kappa shape index (κ1) is 15.3. The van der Waals surface area contributed by atoms with Gasteiger partial charge in [-0.2, -0.15) is 0 Å². The van der Waals surface area contributed by atoms with Crippen LogP contribution in [0.1, 0.15) is 51.9 Å². The van der Waals surface area contributed by atoms with E-state index < -0.39 is 9.84 Å². The monoisotopic (exact) mass is 289 g/mol. The lowest BCUT2D eigenvalue weighted by Crippen LogP contribution is -2.37. The summed E-state index contributed by atoms with van der Waals surface area (Å²) in [5.41, 5.74) is 0. The van der Waals surface area contributed by atoms with Crippen LogP contribution in [-0.2, 0) is 14.6 Å².